The summed E-state index contributed by atoms with van der Waals surface area (Å²) in [4.78, 5) is 25.5. The molecule has 0 heterocycles. The number of halogens is 18. The number of unbranched alkanes of at least 4 members (excludes halogenated alkanes) is 2. The maximum absolute atomic E-state index is 13.7. The molecule has 0 aliphatic rings. The molecule has 0 aliphatic carbocycles. The molecule has 61 heavy (non-hydrogen) atoms. The fraction of sp³-hybridized carbons (Fsp3) is 0.459. The van der Waals surface area contributed by atoms with E-state index in [1.807, 2.05) is 0 Å². The van der Waals surface area contributed by atoms with Gasteiger partial charge in [-0.2, -0.15) is 79.0 Å². The van der Waals surface area contributed by atoms with Crippen molar-refractivity contribution < 1.29 is 108 Å². The van der Waals surface area contributed by atoms with Gasteiger partial charge < -0.3 is 18.9 Å². The van der Waals surface area contributed by atoms with Gasteiger partial charge in [-0.05, 0) is 93.3 Å². The first-order valence-electron chi connectivity index (χ1n) is 17.2. The molecule has 0 N–H and O–H groups in total. The van der Waals surface area contributed by atoms with Gasteiger partial charge >= 0.3 is 59.8 Å². The summed E-state index contributed by atoms with van der Waals surface area (Å²) in [6.45, 7) is 0.496. The normalized spacial score (nSPS) is 13.5. The molecule has 0 atom stereocenters. The highest BCUT2D eigenvalue weighted by atomic mass is 19.4. The molecule has 0 radical (unpaired) electrons. The zero-order chi connectivity index (χ0) is 46.5. The molecule has 0 saturated carbocycles. The fourth-order valence-electron chi connectivity index (χ4n) is 4.92. The molecule has 0 aliphatic heterocycles. The zero-order valence-electron chi connectivity index (χ0n) is 30.8. The second-order valence-corrected chi connectivity index (χ2v) is 13.0. The van der Waals surface area contributed by atoms with Crippen LogP contribution in [0.5, 0.6) is 23.0 Å². The molecular weight excluding hydrogens is 882 g/mol. The number of carbonyl (C=O) groups excluding carboxylic acids is 2. The van der Waals surface area contributed by atoms with Gasteiger partial charge in [-0.25, -0.2) is 9.59 Å². The van der Waals surface area contributed by atoms with Crippen LogP contribution in [-0.2, 0) is 0 Å². The Bertz CT molecular complexity index is 1810. The van der Waals surface area contributed by atoms with Crippen molar-refractivity contribution in [3.8, 4) is 23.0 Å². The van der Waals surface area contributed by atoms with Crippen LogP contribution in [0.1, 0.15) is 64.8 Å². The van der Waals surface area contributed by atoms with Crippen molar-refractivity contribution >= 4 is 11.9 Å². The number of ether oxygens (including phenoxy) is 4. The van der Waals surface area contributed by atoms with Gasteiger partial charge in [-0.15, -0.1) is 0 Å². The summed E-state index contributed by atoms with van der Waals surface area (Å²) in [5, 5.41) is 0. The standard InChI is InChI=1S/C37H30F18O6/c1-21-26(60-28(56)22-9-13-24(14-10-22)58-19-4-2-17-30(38,39)32(42,43)34(46,47)36(50,51)52)7-6-8-27(21)61-29(57)23-11-15-25(16-12-23)59-20-5-3-18-31(40,41)33(44,45)35(48,49)37(53,54)55/h6-16H,2-5,17-20H2,1H3. The van der Waals surface area contributed by atoms with Crippen molar-refractivity contribution in [2.45, 2.75) is 93.3 Å². The van der Waals surface area contributed by atoms with Crippen molar-refractivity contribution in [3.63, 3.8) is 0 Å². The predicted molar refractivity (Wildman–Crippen MR) is 174 cm³/mol. The summed E-state index contributed by atoms with van der Waals surface area (Å²) >= 11 is 0. The van der Waals surface area contributed by atoms with Crippen molar-refractivity contribution in [3.05, 3.63) is 83.4 Å². The van der Waals surface area contributed by atoms with E-state index in [-0.39, 0.29) is 39.7 Å². The first-order valence-corrected chi connectivity index (χ1v) is 17.2. The summed E-state index contributed by atoms with van der Waals surface area (Å²) in [7, 11) is 0. The summed E-state index contributed by atoms with van der Waals surface area (Å²) in [6.07, 6.45) is -20.6. The van der Waals surface area contributed by atoms with Gasteiger partial charge in [-0.1, -0.05) is 6.07 Å². The Hall–Kier alpha value is -5.06. The summed E-state index contributed by atoms with van der Waals surface area (Å²) in [6, 6.07) is 13.6. The van der Waals surface area contributed by atoms with Gasteiger partial charge in [0.15, 0.2) is 0 Å². The van der Waals surface area contributed by atoms with Gasteiger partial charge in [0.2, 0.25) is 0 Å². The van der Waals surface area contributed by atoms with E-state index in [0.717, 1.165) is 0 Å². The van der Waals surface area contributed by atoms with Crippen LogP contribution in [0, 0.1) is 6.92 Å². The monoisotopic (exact) mass is 912 g/mol. The van der Waals surface area contributed by atoms with Crippen LogP contribution < -0.4 is 18.9 Å². The van der Waals surface area contributed by atoms with E-state index >= 15 is 0 Å². The first-order chi connectivity index (χ1) is 27.8. The molecule has 6 nitrogen and oxygen atoms in total. The number of alkyl halides is 18. The third kappa shape index (κ3) is 11.3. The first kappa shape index (κ1) is 50.3. The van der Waals surface area contributed by atoms with E-state index in [9.17, 15) is 88.6 Å². The molecule has 0 fully saturated rings. The summed E-state index contributed by atoms with van der Waals surface area (Å²) in [5.74, 6) is -40.8. The number of rotatable bonds is 20. The molecule has 3 aromatic carbocycles. The molecule has 0 unspecified atom stereocenters. The number of carbonyl (C=O) groups is 2. The van der Waals surface area contributed by atoms with E-state index < -0.39 is 112 Å². The maximum Gasteiger partial charge on any atom is 0.460 e. The second kappa shape index (κ2) is 18.5. The van der Waals surface area contributed by atoms with Crippen LogP contribution in [0.4, 0.5) is 79.0 Å². The minimum Gasteiger partial charge on any atom is -0.494 e. The molecule has 340 valence electrons. The van der Waals surface area contributed by atoms with Gasteiger partial charge in [0.05, 0.1) is 24.3 Å². The van der Waals surface area contributed by atoms with E-state index in [1.165, 1.54) is 73.7 Å². The Labute approximate surface area is 332 Å². The summed E-state index contributed by atoms with van der Waals surface area (Å²) < 4.78 is 255. The lowest BCUT2D eigenvalue weighted by Crippen LogP contribution is -2.60. The van der Waals surface area contributed by atoms with Crippen LogP contribution in [-0.4, -0.2) is 73.0 Å². The van der Waals surface area contributed by atoms with Gasteiger partial charge in [0.25, 0.3) is 0 Å². The number of esters is 2. The predicted octanol–water partition coefficient (Wildman–Crippen LogP) is 12.5. The topological polar surface area (TPSA) is 71.1 Å². The SMILES string of the molecule is Cc1c(OC(=O)c2ccc(OCCCCC(F)(F)C(F)(F)C(F)(F)C(F)(F)F)cc2)cccc1OC(=O)c1ccc(OCCCCC(F)(F)C(F)(F)C(F)(F)C(F)(F)F)cc1. The van der Waals surface area contributed by atoms with E-state index in [1.54, 1.807) is 0 Å². The third-order valence-electron chi connectivity index (χ3n) is 8.55. The molecule has 3 rings (SSSR count). The maximum atomic E-state index is 13.7. The van der Waals surface area contributed by atoms with Crippen molar-refractivity contribution in [2.24, 2.45) is 0 Å². The Balaban J connectivity index is 1.48. The van der Waals surface area contributed by atoms with Gasteiger partial charge in [0, 0.05) is 18.4 Å². The molecule has 0 saturated heterocycles. The van der Waals surface area contributed by atoms with Crippen LogP contribution in [0.25, 0.3) is 0 Å². The minimum atomic E-state index is -6.98. The van der Waals surface area contributed by atoms with Gasteiger partial charge in [0.1, 0.15) is 23.0 Å². The highest BCUT2D eigenvalue weighted by Crippen LogP contribution is 2.55. The third-order valence-corrected chi connectivity index (χ3v) is 8.55. The summed E-state index contributed by atoms with van der Waals surface area (Å²) in [5.41, 5.74) is 0.00281. The minimum absolute atomic E-state index is 0.0112. The zero-order valence-corrected chi connectivity index (χ0v) is 30.8. The highest BCUT2D eigenvalue weighted by Gasteiger charge is 2.82. The lowest BCUT2D eigenvalue weighted by molar-refractivity contribution is -0.396. The van der Waals surface area contributed by atoms with Crippen molar-refractivity contribution in [1.29, 1.82) is 0 Å². The number of hydrogen-bond donors (Lipinski definition) is 0. The van der Waals surface area contributed by atoms with Crippen LogP contribution in [0.3, 0.4) is 0 Å². The molecule has 24 heteroatoms. The van der Waals surface area contributed by atoms with Crippen molar-refractivity contribution in [1.82, 2.24) is 0 Å². The quantitative estimate of drug-likeness (QED) is 0.0487. The van der Waals surface area contributed by atoms with Crippen LogP contribution in [0.2, 0.25) is 0 Å². The number of hydrogen-bond acceptors (Lipinski definition) is 6. The largest absolute Gasteiger partial charge is 0.494 e. The lowest BCUT2D eigenvalue weighted by atomic mass is 9.99. The van der Waals surface area contributed by atoms with Crippen molar-refractivity contribution in [2.75, 3.05) is 13.2 Å². The average molecular weight is 913 g/mol. The Morgan fingerprint density at radius 3 is 1.05 bits per heavy atom. The van der Waals surface area contributed by atoms with Crippen LogP contribution >= 0.6 is 0 Å². The molecule has 0 amide bonds. The van der Waals surface area contributed by atoms with Gasteiger partial charge in [-0.3, -0.25) is 0 Å². The Kier molecular flexibility index (Phi) is 15.3. The van der Waals surface area contributed by atoms with E-state index in [4.69, 9.17) is 18.9 Å². The second-order valence-electron chi connectivity index (χ2n) is 13.0. The molecular formula is C37H30F18O6. The lowest BCUT2D eigenvalue weighted by Gasteiger charge is -2.33. The molecule has 0 bridgehead atoms. The number of benzene rings is 3. The smallest absolute Gasteiger partial charge is 0.460 e. The molecule has 0 spiro atoms. The fourth-order valence-corrected chi connectivity index (χ4v) is 4.92. The Morgan fingerprint density at radius 2 is 0.754 bits per heavy atom. The van der Waals surface area contributed by atoms with Crippen LogP contribution in [0.15, 0.2) is 66.7 Å². The van der Waals surface area contributed by atoms with E-state index in [0.29, 0.717) is 0 Å². The highest BCUT2D eigenvalue weighted by molar-refractivity contribution is 5.92. The van der Waals surface area contributed by atoms with E-state index in [2.05, 4.69) is 0 Å². The average Bonchev–Trinajstić information content (AvgIpc) is 3.15. The molecule has 3 aromatic rings. The molecule has 0 aromatic heterocycles. The Morgan fingerprint density at radius 1 is 0.443 bits per heavy atom.